The van der Waals surface area contributed by atoms with Gasteiger partial charge in [-0.25, -0.2) is 0 Å². The van der Waals surface area contributed by atoms with E-state index in [-0.39, 0.29) is 11.3 Å². The molecule has 0 aromatic heterocycles. The molecule has 1 aliphatic heterocycles. The Morgan fingerprint density at radius 2 is 1.88 bits per heavy atom. The molecule has 126 valence electrons. The summed E-state index contributed by atoms with van der Waals surface area (Å²) < 4.78 is 0. The van der Waals surface area contributed by atoms with Gasteiger partial charge in [-0.1, -0.05) is 51.1 Å². The fraction of sp³-hybridized carbons (Fsp3) is 0.381. The van der Waals surface area contributed by atoms with Crippen LogP contribution in [0.15, 0.2) is 42.5 Å². The van der Waals surface area contributed by atoms with E-state index in [0.717, 1.165) is 30.8 Å². The predicted octanol–water partition coefficient (Wildman–Crippen LogP) is 4.52. The normalized spacial score (nSPS) is 13.3. The molecule has 0 saturated heterocycles. The summed E-state index contributed by atoms with van der Waals surface area (Å²) in [5, 5.41) is 6.34. The Bertz CT molecular complexity index is 726. The number of anilines is 2. The lowest BCUT2D eigenvalue weighted by Gasteiger charge is -2.19. The van der Waals surface area contributed by atoms with Crippen molar-refractivity contribution in [2.24, 2.45) is 0 Å². The zero-order valence-corrected chi connectivity index (χ0v) is 14.8. The highest BCUT2D eigenvalue weighted by molar-refractivity contribution is 5.91. The Balaban J connectivity index is 1.54. The maximum Gasteiger partial charge on any atom is 0.224 e. The number of rotatable bonds is 4. The average molecular weight is 322 g/mol. The number of carbonyl (C=O) groups is 1. The summed E-state index contributed by atoms with van der Waals surface area (Å²) in [5.74, 6) is 0.0628. The van der Waals surface area contributed by atoms with Gasteiger partial charge in [0.05, 0.1) is 0 Å². The van der Waals surface area contributed by atoms with Crippen LogP contribution >= 0.6 is 0 Å². The highest BCUT2D eigenvalue weighted by Gasteiger charge is 2.13. The number of fused-ring (bicyclic) bond motifs is 1. The lowest BCUT2D eigenvalue weighted by molar-refractivity contribution is -0.116. The molecule has 2 N–H and O–H groups in total. The molecule has 2 aromatic rings. The SMILES string of the molecule is CC(C)(C)c1ccc(CCC(=O)Nc2ccc3c(c2)NCC3)cc1. The molecule has 24 heavy (non-hydrogen) atoms. The van der Waals surface area contributed by atoms with Gasteiger partial charge in [0.1, 0.15) is 0 Å². The number of aryl methyl sites for hydroxylation is 1. The second-order valence-corrected chi connectivity index (χ2v) is 7.54. The second-order valence-electron chi connectivity index (χ2n) is 7.54. The van der Waals surface area contributed by atoms with Crippen LogP contribution in [-0.4, -0.2) is 12.5 Å². The van der Waals surface area contributed by atoms with Crippen molar-refractivity contribution in [3.05, 3.63) is 59.2 Å². The van der Waals surface area contributed by atoms with Gasteiger partial charge in [-0.15, -0.1) is 0 Å². The second kappa shape index (κ2) is 6.68. The molecule has 3 nitrogen and oxygen atoms in total. The first-order valence-corrected chi connectivity index (χ1v) is 8.68. The summed E-state index contributed by atoms with van der Waals surface area (Å²) in [6.07, 6.45) is 2.33. The highest BCUT2D eigenvalue weighted by Crippen LogP contribution is 2.26. The van der Waals surface area contributed by atoms with E-state index in [1.54, 1.807) is 0 Å². The molecule has 0 aliphatic carbocycles. The lowest BCUT2D eigenvalue weighted by atomic mass is 9.86. The lowest BCUT2D eigenvalue weighted by Crippen LogP contribution is -2.13. The molecule has 1 heterocycles. The predicted molar refractivity (Wildman–Crippen MR) is 101 cm³/mol. The van der Waals surface area contributed by atoms with E-state index in [1.807, 2.05) is 12.1 Å². The monoisotopic (exact) mass is 322 g/mol. The summed E-state index contributed by atoms with van der Waals surface area (Å²) in [4.78, 5) is 12.2. The van der Waals surface area contributed by atoms with Gasteiger partial charge in [0.25, 0.3) is 0 Å². The van der Waals surface area contributed by atoms with Crippen LogP contribution in [0.5, 0.6) is 0 Å². The molecule has 0 saturated carbocycles. The molecule has 0 radical (unpaired) electrons. The van der Waals surface area contributed by atoms with Crippen molar-refractivity contribution in [3.63, 3.8) is 0 Å². The van der Waals surface area contributed by atoms with E-state index < -0.39 is 0 Å². The van der Waals surface area contributed by atoms with Crippen LogP contribution in [0, 0.1) is 0 Å². The first-order chi connectivity index (χ1) is 11.4. The fourth-order valence-corrected chi connectivity index (χ4v) is 3.02. The topological polar surface area (TPSA) is 41.1 Å². The van der Waals surface area contributed by atoms with E-state index in [0.29, 0.717) is 6.42 Å². The molecule has 0 unspecified atom stereocenters. The quantitative estimate of drug-likeness (QED) is 0.868. The Kier molecular flexibility index (Phi) is 4.61. The molecular weight excluding hydrogens is 296 g/mol. The number of benzene rings is 2. The van der Waals surface area contributed by atoms with Gasteiger partial charge < -0.3 is 10.6 Å². The van der Waals surface area contributed by atoms with Gasteiger partial charge in [0.15, 0.2) is 0 Å². The molecule has 2 aromatic carbocycles. The van der Waals surface area contributed by atoms with Gasteiger partial charge in [0, 0.05) is 24.3 Å². The standard InChI is InChI=1S/C21H26N2O/c1-21(2,3)17-8-4-15(5-9-17)6-11-20(24)23-18-10-7-16-12-13-22-19(16)14-18/h4-5,7-10,14,22H,6,11-13H2,1-3H3,(H,23,24). The Hall–Kier alpha value is -2.29. The van der Waals surface area contributed by atoms with Gasteiger partial charge in [0.2, 0.25) is 5.91 Å². The summed E-state index contributed by atoms with van der Waals surface area (Å²) in [5.41, 5.74) is 6.03. The molecule has 0 atom stereocenters. The van der Waals surface area contributed by atoms with Gasteiger partial charge in [-0.05, 0) is 47.1 Å². The number of hydrogen-bond donors (Lipinski definition) is 2. The van der Waals surface area contributed by atoms with Gasteiger partial charge in [-0.3, -0.25) is 4.79 Å². The van der Waals surface area contributed by atoms with Crippen LogP contribution in [0.2, 0.25) is 0 Å². The average Bonchev–Trinajstić information content (AvgIpc) is 3.00. The minimum atomic E-state index is 0.0628. The summed E-state index contributed by atoms with van der Waals surface area (Å²) >= 11 is 0. The van der Waals surface area contributed by atoms with Crippen molar-refractivity contribution in [3.8, 4) is 0 Å². The van der Waals surface area contributed by atoms with Crippen molar-refractivity contribution >= 4 is 17.3 Å². The van der Waals surface area contributed by atoms with E-state index in [4.69, 9.17) is 0 Å². The van der Waals surface area contributed by atoms with Crippen LogP contribution in [0.4, 0.5) is 11.4 Å². The molecular formula is C21H26N2O. The first kappa shape index (κ1) is 16.6. The van der Waals surface area contributed by atoms with Crippen molar-refractivity contribution in [1.29, 1.82) is 0 Å². The third-order valence-electron chi connectivity index (χ3n) is 4.56. The van der Waals surface area contributed by atoms with Gasteiger partial charge in [-0.2, -0.15) is 0 Å². The minimum Gasteiger partial charge on any atom is -0.384 e. The van der Waals surface area contributed by atoms with Crippen LogP contribution in [-0.2, 0) is 23.1 Å². The Morgan fingerprint density at radius 3 is 2.58 bits per heavy atom. The maximum absolute atomic E-state index is 12.2. The number of carbonyl (C=O) groups excluding carboxylic acids is 1. The van der Waals surface area contributed by atoms with E-state index in [1.165, 1.54) is 16.7 Å². The third kappa shape index (κ3) is 3.97. The van der Waals surface area contributed by atoms with Crippen molar-refractivity contribution in [1.82, 2.24) is 0 Å². The van der Waals surface area contributed by atoms with Crippen LogP contribution in [0.25, 0.3) is 0 Å². The van der Waals surface area contributed by atoms with Gasteiger partial charge >= 0.3 is 0 Å². The Morgan fingerprint density at radius 1 is 1.12 bits per heavy atom. The number of amides is 1. The molecule has 3 heteroatoms. The number of hydrogen-bond acceptors (Lipinski definition) is 2. The maximum atomic E-state index is 12.2. The molecule has 0 bridgehead atoms. The first-order valence-electron chi connectivity index (χ1n) is 8.68. The Labute approximate surface area is 144 Å². The fourth-order valence-electron chi connectivity index (χ4n) is 3.02. The number of nitrogens with one attached hydrogen (secondary N) is 2. The molecule has 1 amide bonds. The summed E-state index contributed by atoms with van der Waals surface area (Å²) in [7, 11) is 0. The summed E-state index contributed by atoms with van der Waals surface area (Å²) in [6.45, 7) is 7.61. The van der Waals surface area contributed by atoms with Crippen molar-refractivity contribution in [2.45, 2.75) is 45.4 Å². The van der Waals surface area contributed by atoms with Crippen molar-refractivity contribution in [2.75, 3.05) is 17.2 Å². The third-order valence-corrected chi connectivity index (χ3v) is 4.56. The zero-order valence-electron chi connectivity index (χ0n) is 14.8. The minimum absolute atomic E-state index is 0.0628. The highest BCUT2D eigenvalue weighted by atomic mass is 16.1. The van der Waals surface area contributed by atoms with E-state index in [9.17, 15) is 4.79 Å². The van der Waals surface area contributed by atoms with Crippen LogP contribution in [0.1, 0.15) is 43.9 Å². The molecule has 1 aliphatic rings. The van der Waals surface area contributed by atoms with Crippen LogP contribution in [0.3, 0.4) is 0 Å². The van der Waals surface area contributed by atoms with Crippen LogP contribution < -0.4 is 10.6 Å². The smallest absolute Gasteiger partial charge is 0.224 e. The molecule has 0 spiro atoms. The molecule has 0 fully saturated rings. The zero-order chi connectivity index (χ0) is 17.2. The largest absolute Gasteiger partial charge is 0.384 e. The summed E-state index contributed by atoms with van der Waals surface area (Å²) in [6, 6.07) is 14.7. The molecule has 3 rings (SSSR count). The van der Waals surface area contributed by atoms with Crippen molar-refractivity contribution < 1.29 is 4.79 Å². The van der Waals surface area contributed by atoms with E-state index >= 15 is 0 Å². The van der Waals surface area contributed by atoms with E-state index in [2.05, 4.69) is 61.7 Å².